The Kier molecular flexibility index (Phi) is 3.02. The summed E-state index contributed by atoms with van der Waals surface area (Å²) in [6, 6.07) is 4.01. The van der Waals surface area contributed by atoms with Crippen LogP contribution in [0.15, 0.2) is 22.7 Å². The van der Waals surface area contributed by atoms with E-state index in [0.29, 0.717) is 5.82 Å². The van der Waals surface area contributed by atoms with Crippen LogP contribution in [-0.4, -0.2) is 20.6 Å². The molecule has 0 aliphatic heterocycles. The molecule has 88 valence electrons. The topological polar surface area (TPSA) is 55.1 Å². The third-order valence-corrected chi connectivity index (χ3v) is 3.10. The van der Waals surface area contributed by atoms with Gasteiger partial charge in [0.2, 0.25) is 0 Å². The highest BCUT2D eigenvalue weighted by Gasteiger charge is 2.09. The summed E-state index contributed by atoms with van der Waals surface area (Å²) in [5.41, 5.74) is 2.94. The molecule has 2 aromatic rings. The van der Waals surface area contributed by atoms with E-state index in [0.717, 1.165) is 27.1 Å². The maximum absolute atomic E-state index is 10.5. The molecular formula is C12H11BrN2O2. The quantitative estimate of drug-likeness (QED) is 0.867. The van der Waals surface area contributed by atoms with Gasteiger partial charge in [-0.3, -0.25) is 0 Å². The maximum atomic E-state index is 10.5. The summed E-state index contributed by atoms with van der Waals surface area (Å²) in [6.45, 7) is 2.00. The molecule has 0 aliphatic rings. The maximum Gasteiger partial charge on any atom is 0.328 e. The number of carbonyl (C=O) groups is 1. The number of benzene rings is 1. The van der Waals surface area contributed by atoms with E-state index in [9.17, 15) is 4.79 Å². The first-order valence-electron chi connectivity index (χ1n) is 5.02. The number of hydrogen-bond acceptors (Lipinski definition) is 2. The van der Waals surface area contributed by atoms with Crippen LogP contribution in [0.5, 0.6) is 0 Å². The predicted molar refractivity (Wildman–Crippen MR) is 69.8 cm³/mol. The van der Waals surface area contributed by atoms with Gasteiger partial charge in [0.15, 0.2) is 0 Å². The van der Waals surface area contributed by atoms with Gasteiger partial charge < -0.3 is 9.67 Å². The van der Waals surface area contributed by atoms with Crippen LogP contribution in [0.25, 0.3) is 17.1 Å². The summed E-state index contributed by atoms with van der Waals surface area (Å²) in [5, 5.41) is 8.61. The van der Waals surface area contributed by atoms with E-state index in [4.69, 9.17) is 5.11 Å². The Bertz CT molecular complexity index is 629. The van der Waals surface area contributed by atoms with E-state index in [2.05, 4.69) is 20.9 Å². The van der Waals surface area contributed by atoms with Gasteiger partial charge in [-0.15, -0.1) is 0 Å². The number of halogens is 1. The summed E-state index contributed by atoms with van der Waals surface area (Å²) in [7, 11) is 1.86. The Morgan fingerprint density at radius 1 is 1.53 bits per heavy atom. The fraction of sp³-hybridized carbons (Fsp3) is 0.167. The molecule has 0 atom stereocenters. The van der Waals surface area contributed by atoms with Gasteiger partial charge in [-0.05, 0) is 46.6 Å². The minimum absolute atomic E-state index is 0.619. The number of fused-ring (bicyclic) bond motifs is 1. The standard InChI is InChI=1S/C12H11BrN2O2/c1-7-5-8(13)12-9(6-7)15(2)10(14-12)3-4-11(16)17/h3-6H,1-2H3,(H,16,17)/b4-3+. The van der Waals surface area contributed by atoms with Crippen molar-refractivity contribution in [3.05, 3.63) is 34.1 Å². The van der Waals surface area contributed by atoms with Gasteiger partial charge in [-0.25, -0.2) is 9.78 Å². The summed E-state index contributed by atoms with van der Waals surface area (Å²) in [5.74, 6) is -0.360. The van der Waals surface area contributed by atoms with Crippen LogP contribution in [0.4, 0.5) is 0 Å². The number of aryl methyl sites for hydroxylation is 2. The van der Waals surface area contributed by atoms with Gasteiger partial charge >= 0.3 is 5.97 Å². The monoisotopic (exact) mass is 294 g/mol. The van der Waals surface area contributed by atoms with E-state index in [1.54, 1.807) is 0 Å². The Morgan fingerprint density at radius 3 is 2.88 bits per heavy atom. The lowest BCUT2D eigenvalue weighted by Gasteiger charge is -1.99. The molecule has 0 unspecified atom stereocenters. The number of aromatic nitrogens is 2. The molecule has 0 fully saturated rings. The molecule has 0 spiro atoms. The molecular weight excluding hydrogens is 284 g/mol. The summed E-state index contributed by atoms with van der Waals surface area (Å²) in [6.07, 6.45) is 2.58. The molecule has 0 saturated heterocycles. The van der Waals surface area contributed by atoms with Crippen LogP contribution in [0.3, 0.4) is 0 Å². The molecule has 1 N–H and O–H groups in total. The normalized spacial score (nSPS) is 11.5. The highest BCUT2D eigenvalue weighted by Crippen LogP contribution is 2.25. The lowest BCUT2D eigenvalue weighted by molar-refractivity contribution is -0.131. The van der Waals surface area contributed by atoms with Gasteiger partial charge in [-0.1, -0.05) is 0 Å². The Balaban J connectivity index is 2.64. The van der Waals surface area contributed by atoms with Crippen molar-refractivity contribution in [2.75, 3.05) is 0 Å². The highest BCUT2D eigenvalue weighted by atomic mass is 79.9. The molecule has 17 heavy (non-hydrogen) atoms. The first-order chi connectivity index (χ1) is 7.99. The first-order valence-corrected chi connectivity index (χ1v) is 5.82. The number of hydrogen-bond donors (Lipinski definition) is 1. The van der Waals surface area contributed by atoms with Gasteiger partial charge in [0.05, 0.1) is 5.52 Å². The fourth-order valence-corrected chi connectivity index (χ4v) is 2.34. The van der Waals surface area contributed by atoms with Crippen molar-refractivity contribution in [2.24, 2.45) is 7.05 Å². The zero-order valence-corrected chi connectivity index (χ0v) is 11.0. The molecule has 4 nitrogen and oxygen atoms in total. The Labute approximate surface area is 107 Å². The van der Waals surface area contributed by atoms with Crippen LogP contribution in [-0.2, 0) is 11.8 Å². The average molecular weight is 295 g/mol. The highest BCUT2D eigenvalue weighted by molar-refractivity contribution is 9.10. The number of nitrogens with zero attached hydrogens (tertiary/aromatic N) is 2. The number of imidazole rings is 1. The van der Waals surface area contributed by atoms with Crippen LogP contribution in [0.2, 0.25) is 0 Å². The van der Waals surface area contributed by atoms with Crippen molar-refractivity contribution in [2.45, 2.75) is 6.92 Å². The third kappa shape index (κ3) is 2.24. The molecule has 1 aromatic heterocycles. The second-order valence-electron chi connectivity index (χ2n) is 3.82. The van der Waals surface area contributed by atoms with Crippen molar-refractivity contribution in [1.82, 2.24) is 9.55 Å². The minimum Gasteiger partial charge on any atom is -0.478 e. The van der Waals surface area contributed by atoms with Crippen molar-refractivity contribution in [3.63, 3.8) is 0 Å². The van der Waals surface area contributed by atoms with Gasteiger partial charge in [0.1, 0.15) is 11.3 Å². The first kappa shape index (κ1) is 11.9. The Hall–Kier alpha value is -1.62. The van der Waals surface area contributed by atoms with Crippen molar-refractivity contribution >= 4 is 39.0 Å². The van der Waals surface area contributed by atoms with E-state index < -0.39 is 5.97 Å². The second kappa shape index (κ2) is 4.33. The van der Waals surface area contributed by atoms with Crippen LogP contribution >= 0.6 is 15.9 Å². The van der Waals surface area contributed by atoms with E-state index in [1.165, 1.54) is 6.08 Å². The molecule has 0 radical (unpaired) electrons. The summed E-state index contributed by atoms with van der Waals surface area (Å²) >= 11 is 3.46. The SMILES string of the molecule is Cc1cc(Br)c2nc(/C=C/C(=O)O)n(C)c2c1. The van der Waals surface area contributed by atoms with Crippen LogP contribution in [0.1, 0.15) is 11.4 Å². The lowest BCUT2D eigenvalue weighted by atomic mass is 10.2. The largest absolute Gasteiger partial charge is 0.478 e. The van der Waals surface area contributed by atoms with E-state index in [1.807, 2.05) is 30.7 Å². The number of carboxylic acids is 1. The van der Waals surface area contributed by atoms with Crippen molar-refractivity contribution < 1.29 is 9.90 Å². The average Bonchev–Trinajstić information content (AvgIpc) is 2.54. The van der Waals surface area contributed by atoms with Crippen LogP contribution < -0.4 is 0 Å². The van der Waals surface area contributed by atoms with E-state index in [-0.39, 0.29) is 0 Å². The molecule has 0 saturated carbocycles. The van der Waals surface area contributed by atoms with Gasteiger partial charge in [0.25, 0.3) is 0 Å². The van der Waals surface area contributed by atoms with Crippen molar-refractivity contribution in [1.29, 1.82) is 0 Å². The zero-order chi connectivity index (χ0) is 12.6. The smallest absolute Gasteiger partial charge is 0.328 e. The minimum atomic E-state index is -0.979. The lowest BCUT2D eigenvalue weighted by Crippen LogP contribution is -1.93. The molecule has 5 heteroatoms. The molecule has 1 heterocycles. The summed E-state index contributed by atoms with van der Waals surface area (Å²) < 4.78 is 2.78. The number of aliphatic carboxylic acids is 1. The van der Waals surface area contributed by atoms with Crippen LogP contribution in [0, 0.1) is 6.92 Å². The van der Waals surface area contributed by atoms with E-state index >= 15 is 0 Å². The van der Waals surface area contributed by atoms with Gasteiger partial charge in [0, 0.05) is 17.6 Å². The molecule has 0 amide bonds. The molecule has 0 bridgehead atoms. The molecule has 2 rings (SSSR count). The number of carboxylic acid groups (broad SMARTS) is 1. The third-order valence-electron chi connectivity index (χ3n) is 2.49. The van der Waals surface area contributed by atoms with Gasteiger partial charge in [-0.2, -0.15) is 0 Å². The predicted octanol–water partition coefficient (Wildman–Crippen LogP) is 2.74. The second-order valence-corrected chi connectivity index (χ2v) is 4.67. The molecule has 1 aromatic carbocycles. The molecule has 0 aliphatic carbocycles. The zero-order valence-electron chi connectivity index (χ0n) is 9.44. The fourth-order valence-electron chi connectivity index (χ4n) is 1.69. The summed E-state index contributed by atoms with van der Waals surface area (Å²) in [4.78, 5) is 14.9. The number of rotatable bonds is 2. The van der Waals surface area contributed by atoms with Crippen molar-refractivity contribution in [3.8, 4) is 0 Å². The Morgan fingerprint density at radius 2 is 2.24 bits per heavy atom.